The number of rotatable bonds is 3. The Kier molecular flexibility index (Phi) is 2.61. The largest absolute Gasteiger partial charge is 0.393 e. The van der Waals surface area contributed by atoms with Gasteiger partial charge in [0.15, 0.2) is 0 Å². The summed E-state index contributed by atoms with van der Waals surface area (Å²) in [7, 11) is 0. The summed E-state index contributed by atoms with van der Waals surface area (Å²) < 4.78 is 0. The van der Waals surface area contributed by atoms with Crippen LogP contribution in [0.3, 0.4) is 0 Å². The minimum Gasteiger partial charge on any atom is -0.393 e. The summed E-state index contributed by atoms with van der Waals surface area (Å²) in [5, 5.41) is 22.7. The topological polar surface area (TPSA) is 114 Å². The molecule has 7 nitrogen and oxygen atoms in total. The standard InChI is InChI=1S/C9H12N4O3/c10-8-3-6(13(15)16)4-9(12-8)11-5-1-7(14)2-5/h3-5,7,14H,1-2H2,(H3,10,11,12). The van der Waals surface area contributed by atoms with Crippen LogP contribution in [0.5, 0.6) is 0 Å². The molecule has 0 aliphatic heterocycles. The minimum absolute atomic E-state index is 0.0881. The molecular formula is C9H12N4O3. The highest BCUT2D eigenvalue weighted by Crippen LogP contribution is 2.25. The summed E-state index contributed by atoms with van der Waals surface area (Å²) in [5.41, 5.74) is 5.37. The number of anilines is 2. The van der Waals surface area contributed by atoms with E-state index in [-0.39, 0.29) is 23.7 Å². The molecule has 1 aliphatic carbocycles. The lowest BCUT2D eigenvalue weighted by Crippen LogP contribution is -2.39. The van der Waals surface area contributed by atoms with Crippen LogP contribution in [0.1, 0.15) is 12.8 Å². The smallest absolute Gasteiger partial charge is 0.276 e. The van der Waals surface area contributed by atoms with Crippen molar-refractivity contribution >= 4 is 17.3 Å². The molecule has 1 fully saturated rings. The van der Waals surface area contributed by atoms with Gasteiger partial charge in [-0.25, -0.2) is 4.98 Å². The maximum atomic E-state index is 10.6. The van der Waals surface area contributed by atoms with Gasteiger partial charge in [-0.15, -0.1) is 0 Å². The first kappa shape index (κ1) is 10.6. The first-order chi connectivity index (χ1) is 7.54. The Morgan fingerprint density at radius 3 is 2.81 bits per heavy atom. The number of hydrogen-bond acceptors (Lipinski definition) is 6. The van der Waals surface area contributed by atoms with E-state index in [9.17, 15) is 10.1 Å². The molecular weight excluding hydrogens is 212 g/mol. The van der Waals surface area contributed by atoms with Crippen molar-refractivity contribution in [2.75, 3.05) is 11.1 Å². The maximum absolute atomic E-state index is 10.6. The minimum atomic E-state index is -0.515. The summed E-state index contributed by atoms with van der Waals surface area (Å²) in [5.74, 6) is 0.486. The third-order valence-electron chi connectivity index (χ3n) is 2.51. The zero-order valence-corrected chi connectivity index (χ0v) is 8.46. The average molecular weight is 224 g/mol. The van der Waals surface area contributed by atoms with E-state index in [1.54, 1.807) is 0 Å². The lowest BCUT2D eigenvalue weighted by Gasteiger charge is -2.32. The van der Waals surface area contributed by atoms with Crippen LogP contribution in [0, 0.1) is 10.1 Å². The number of aliphatic hydroxyl groups is 1. The molecule has 4 N–H and O–H groups in total. The molecule has 1 heterocycles. The third-order valence-corrected chi connectivity index (χ3v) is 2.51. The molecule has 0 amide bonds. The number of aromatic nitrogens is 1. The van der Waals surface area contributed by atoms with E-state index < -0.39 is 4.92 Å². The van der Waals surface area contributed by atoms with Crippen molar-refractivity contribution in [2.24, 2.45) is 0 Å². The Morgan fingerprint density at radius 1 is 1.56 bits per heavy atom. The van der Waals surface area contributed by atoms with Crippen LogP contribution >= 0.6 is 0 Å². The van der Waals surface area contributed by atoms with Crippen LogP contribution in [0.15, 0.2) is 12.1 Å². The van der Waals surface area contributed by atoms with Gasteiger partial charge in [-0.05, 0) is 12.8 Å². The Morgan fingerprint density at radius 2 is 2.25 bits per heavy atom. The van der Waals surface area contributed by atoms with Gasteiger partial charge in [-0.1, -0.05) is 0 Å². The number of pyridine rings is 1. The van der Waals surface area contributed by atoms with Gasteiger partial charge in [0, 0.05) is 6.04 Å². The van der Waals surface area contributed by atoms with Gasteiger partial charge in [0.1, 0.15) is 11.6 Å². The van der Waals surface area contributed by atoms with Gasteiger partial charge in [-0.3, -0.25) is 10.1 Å². The van der Waals surface area contributed by atoms with Gasteiger partial charge >= 0.3 is 0 Å². The molecule has 1 aromatic rings. The summed E-state index contributed by atoms with van der Waals surface area (Å²) in [6.07, 6.45) is 0.975. The number of nitrogen functional groups attached to an aromatic ring is 1. The van der Waals surface area contributed by atoms with Crippen molar-refractivity contribution in [3.05, 3.63) is 22.2 Å². The van der Waals surface area contributed by atoms with E-state index in [0.717, 1.165) is 0 Å². The van der Waals surface area contributed by atoms with Crippen LogP contribution in [0.2, 0.25) is 0 Å². The lowest BCUT2D eigenvalue weighted by molar-refractivity contribution is -0.384. The summed E-state index contributed by atoms with van der Waals surface area (Å²) in [6, 6.07) is 2.66. The predicted molar refractivity (Wildman–Crippen MR) is 58.0 cm³/mol. The zero-order valence-electron chi connectivity index (χ0n) is 8.46. The van der Waals surface area contributed by atoms with E-state index in [1.165, 1.54) is 12.1 Å². The molecule has 0 aromatic carbocycles. The fourth-order valence-electron chi connectivity index (χ4n) is 1.63. The Hall–Kier alpha value is -1.89. The van der Waals surface area contributed by atoms with Crippen molar-refractivity contribution < 1.29 is 10.0 Å². The molecule has 0 saturated heterocycles. The van der Waals surface area contributed by atoms with Gasteiger partial charge in [0.25, 0.3) is 5.69 Å². The molecule has 1 aromatic heterocycles. The Labute approximate surface area is 91.4 Å². The third kappa shape index (κ3) is 2.19. The highest BCUT2D eigenvalue weighted by molar-refractivity contribution is 5.53. The van der Waals surface area contributed by atoms with Crippen LogP contribution in [-0.2, 0) is 0 Å². The molecule has 16 heavy (non-hydrogen) atoms. The normalized spacial score (nSPS) is 23.6. The monoisotopic (exact) mass is 224 g/mol. The highest BCUT2D eigenvalue weighted by atomic mass is 16.6. The van der Waals surface area contributed by atoms with E-state index in [0.29, 0.717) is 18.7 Å². The van der Waals surface area contributed by atoms with E-state index in [4.69, 9.17) is 10.8 Å². The molecule has 0 bridgehead atoms. The van der Waals surface area contributed by atoms with Crippen molar-refractivity contribution in [3.63, 3.8) is 0 Å². The van der Waals surface area contributed by atoms with Gasteiger partial charge < -0.3 is 16.2 Å². The van der Waals surface area contributed by atoms with Crippen molar-refractivity contribution in [2.45, 2.75) is 25.0 Å². The highest BCUT2D eigenvalue weighted by Gasteiger charge is 2.27. The molecule has 2 rings (SSSR count). The number of nitrogens with zero attached hydrogens (tertiary/aromatic N) is 2. The molecule has 86 valence electrons. The Bertz CT molecular complexity index is 417. The summed E-state index contributed by atoms with van der Waals surface area (Å²) in [6.45, 7) is 0. The number of nitro groups is 1. The molecule has 1 aliphatic rings. The van der Waals surface area contributed by atoms with Crippen LogP contribution in [-0.4, -0.2) is 27.2 Å². The van der Waals surface area contributed by atoms with Crippen molar-refractivity contribution in [3.8, 4) is 0 Å². The Balaban J connectivity index is 2.11. The van der Waals surface area contributed by atoms with Gasteiger partial charge in [0.2, 0.25) is 0 Å². The second kappa shape index (κ2) is 3.93. The second-order valence-electron chi connectivity index (χ2n) is 3.86. The van der Waals surface area contributed by atoms with E-state index in [2.05, 4.69) is 10.3 Å². The van der Waals surface area contributed by atoms with Crippen molar-refractivity contribution in [1.82, 2.24) is 4.98 Å². The molecule has 0 radical (unpaired) electrons. The quantitative estimate of drug-likeness (QED) is 0.509. The fraction of sp³-hybridized carbons (Fsp3) is 0.444. The van der Waals surface area contributed by atoms with Gasteiger partial charge in [-0.2, -0.15) is 0 Å². The fourth-order valence-corrected chi connectivity index (χ4v) is 1.63. The summed E-state index contributed by atoms with van der Waals surface area (Å²) >= 11 is 0. The average Bonchev–Trinajstić information content (AvgIpc) is 2.14. The molecule has 1 saturated carbocycles. The van der Waals surface area contributed by atoms with Crippen LogP contribution in [0.4, 0.5) is 17.3 Å². The number of nitrogens with two attached hydrogens (primary N) is 1. The number of aliphatic hydroxyl groups excluding tert-OH is 1. The lowest BCUT2D eigenvalue weighted by atomic mass is 9.89. The second-order valence-corrected chi connectivity index (χ2v) is 3.86. The SMILES string of the molecule is Nc1cc([N+](=O)[O-])cc(NC2CC(O)C2)n1. The zero-order chi connectivity index (χ0) is 11.7. The first-order valence-electron chi connectivity index (χ1n) is 4.91. The molecule has 7 heteroatoms. The van der Waals surface area contributed by atoms with Crippen molar-refractivity contribution in [1.29, 1.82) is 0 Å². The summed E-state index contributed by atoms with van der Waals surface area (Å²) in [4.78, 5) is 14.0. The number of nitrogens with one attached hydrogen (secondary N) is 1. The van der Waals surface area contributed by atoms with Crippen LogP contribution < -0.4 is 11.1 Å². The molecule has 0 spiro atoms. The number of hydrogen-bond donors (Lipinski definition) is 3. The van der Waals surface area contributed by atoms with E-state index in [1.807, 2.05) is 0 Å². The maximum Gasteiger partial charge on any atom is 0.276 e. The van der Waals surface area contributed by atoms with Crippen LogP contribution in [0.25, 0.3) is 0 Å². The molecule has 0 atom stereocenters. The van der Waals surface area contributed by atoms with Gasteiger partial charge in [0.05, 0.1) is 23.2 Å². The first-order valence-corrected chi connectivity index (χ1v) is 4.91. The predicted octanol–water partition coefficient (Wildman–Crippen LogP) is 0.507. The molecule has 0 unspecified atom stereocenters. The van der Waals surface area contributed by atoms with E-state index >= 15 is 0 Å².